The Morgan fingerprint density at radius 2 is 1.81 bits per heavy atom. The molecule has 0 heterocycles. The van der Waals surface area contributed by atoms with Crippen molar-refractivity contribution in [3.63, 3.8) is 0 Å². The average molecular weight is 284 g/mol. The molecule has 1 aromatic carbocycles. The van der Waals surface area contributed by atoms with Gasteiger partial charge in [-0.3, -0.25) is 0 Å². The molecule has 16 heavy (non-hydrogen) atoms. The van der Waals surface area contributed by atoms with Crippen molar-refractivity contribution in [2.45, 2.75) is 39.7 Å². The van der Waals surface area contributed by atoms with Crippen LogP contribution in [0.15, 0.2) is 28.7 Å². The number of halogens is 1. The smallest absolute Gasteiger partial charge is 0.0175 e. The monoisotopic (exact) mass is 283 g/mol. The molecule has 1 aromatic rings. The SMILES string of the molecule is CCNC(C)C(CC)Cc1ccc(Br)cc1. The third kappa shape index (κ3) is 4.26. The van der Waals surface area contributed by atoms with E-state index in [-0.39, 0.29) is 0 Å². The van der Waals surface area contributed by atoms with Crippen LogP contribution in [0.1, 0.15) is 32.8 Å². The summed E-state index contributed by atoms with van der Waals surface area (Å²) in [4.78, 5) is 0. The van der Waals surface area contributed by atoms with E-state index in [1.807, 2.05) is 0 Å². The largest absolute Gasteiger partial charge is 0.314 e. The van der Waals surface area contributed by atoms with Crippen LogP contribution in [0, 0.1) is 5.92 Å². The fourth-order valence-corrected chi connectivity index (χ4v) is 2.35. The van der Waals surface area contributed by atoms with Crippen LogP contribution in [0.5, 0.6) is 0 Å². The van der Waals surface area contributed by atoms with E-state index in [4.69, 9.17) is 0 Å². The lowest BCUT2D eigenvalue weighted by atomic mass is 9.91. The highest BCUT2D eigenvalue weighted by atomic mass is 79.9. The minimum Gasteiger partial charge on any atom is -0.314 e. The highest BCUT2D eigenvalue weighted by molar-refractivity contribution is 9.10. The number of hydrogen-bond donors (Lipinski definition) is 1. The summed E-state index contributed by atoms with van der Waals surface area (Å²) in [5.74, 6) is 0.723. The molecule has 0 amide bonds. The molecule has 2 atom stereocenters. The molecule has 0 saturated heterocycles. The number of hydrogen-bond acceptors (Lipinski definition) is 1. The molecule has 0 aromatic heterocycles. The standard InChI is InChI=1S/C14H22BrN/c1-4-13(11(3)16-5-2)10-12-6-8-14(15)9-7-12/h6-9,11,13,16H,4-5,10H2,1-3H3. The third-order valence-corrected chi connectivity index (χ3v) is 3.70. The Balaban J connectivity index is 2.59. The van der Waals surface area contributed by atoms with E-state index in [9.17, 15) is 0 Å². The van der Waals surface area contributed by atoms with Crippen LogP contribution >= 0.6 is 15.9 Å². The molecule has 0 aliphatic rings. The molecular weight excluding hydrogens is 262 g/mol. The summed E-state index contributed by atoms with van der Waals surface area (Å²) in [6.07, 6.45) is 2.39. The second-order valence-electron chi connectivity index (χ2n) is 4.35. The fraction of sp³-hybridized carbons (Fsp3) is 0.571. The molecule has 90 valence electrons. The zero-order valence-corrected chi connectivity index (χ0v) is 12.0. The second-order valence-corrected chi connectivity index (χ2v) is 5.26. The van der Waals surface area contributed by atoms with Gasteiger partial charge in [-0.1, -0.05) is 48.3 Å². The van der Waals surface area contributed by atoms with Crippen LogP contribution in [0.3, 0.4) is 0 Å². The second kappa shape index (κ2) is 7.08. The van der Waals surface area contributed by atoms with Gasteiger partial charge in [-0.05, 0) is 43.5 Å². The van der Waals surface area contributed by atoms with Crippen molar-refractivity contribution in [2.24, 2.45) is 5.92 Å². The lowest BCUT2D eigenvalue weighted by Crippen LogP contribution is -2.34. The molecule has 1 N–H and O–H groups in total. The summed E-state index contributed by atoms with van der Waals surface area (Å²) < 4.78 is 1.16. The summed E-state index contributed by atoms with van der Waals surface area (Å²) >= 11 is 3.47. The summed E-state index contributed by atoms with van der Waals surface area (Å²) in [5, 5.41) is 3.52. The number of rotatable bonds is 6. The molecule has 0 bridgehead atoms. The van der Waals surface area contributed by atoms with E-state index < -0.39 is 0 Å². The first-order valence-corrected chi connectivity index (χ1v) is 6.94. The Kier molecular flexibility index (Phi) is 6.07. The van der Waals surface area contributed by atoms with Crippen molar-refractivity contribution in [3.8, 4) is 0 Å². The van der Waals surface area contributed by atoms with E-state index >= 15 is 0 Å². The minimum atomic E-state index is 0.596. The molecule has 2 heteroatoms. The van der Waals surface area contributed by atoms with Gasteiger partial charge in [0.2, 0.25) is 0 Å². The molecule has 2 unspecified atom stereocenters. The Bertz CT molecular complexity index is 294. The first-order valence-electron chi connectivity index (χ1n) is 6.15. The zero-order chi connectivity index (χ0) is 12.0. The minimum absolute atomic E-state index is 0.596. The van der Waals surface area contributed by atoms with Crippen molar-refractivity contribution < 1.29 is 0 Å². The van der Waals surface area contributed by atoms with Crippen LogP contribution in [0.4, 0.5) is 0 Å². The molecule has 0 saturated carbocycles. The van der Waals surface area contributed by atoms with Gasteiger partial charge in [-0.25, -0.2) is 0 Å². The maximum Gasteiger partial charge on any atom is 0.0175 e. The Labute approximate surface area is 108 Å². The molecule has 0 aliphatic heterocycles. The van der Waals surface area contributed by atoms with Crippen molar-refractivity contribution in [2.75, 3.05) is 6.54 Å². The maximum absolute atomic E-state index is 3.52. The van der Waals surface area contributed by atoms with Crippen molar-refractivity contribution in [3.05, 3.63) is 34.3 Å². The lowest BCUT2D eigenvalue weighted by Gasteiger charge is -2.23. The summed E-state index contributed by atoms with van der Waals surface area (Å²) in [6, 6.07) is 9.27. The Morgan fingerprint density at radius 3 is 2.31 bits per heavy atom. The van der Waals surface area contributed by atoms with E-state index in [0.29, 0.717) is 6.04 Å². The predicted octanol–water partition coefficient (Wildman–Crippen LogP) is 4.02. The van der Waals surface area contributed by atoms with Gasteiger partial charge in [0, 0.05) is 10.5 Å². The maximum atomic E-state index is 3.52. The van der Waals surface area contributed by atoms with Gasteiger partial charge in [0.15, 0.2) is 0 Å². The fourth-order valence-electron chi connectivity index (χ4n) is 2.09. The summed E-state index contributed by atoms with van der Waals surface area (Å²) in [6.45, 7) is 7.79. The van der Waals surface area contributed by atoms with E-state index in [1.54, 1.807) is 0 Å². The molecule has 0 fully saturated rings. The van der Waals surface area contributed by atoms with E-state index in [0.717, 1.165) is 23.4 Å². The van der Waals surface area contributed by atoms with Crippen molar-refractivity contribution in [1.29, 1.82) is 0 Å². The van der Waals surface area contributed by atoms with Crippen LogP contribution < -0.4 is 5.32 Å². The highest BCUT2D eigenvalue weighted by Crippen LogP contribution is 2.18. The van der Waals surface area contributed by atoms with Gasteiger partial charge in [-0.15, -0.1) is 0 Å². The molecule has 1 rings (SSSR count). The summed E-state index contributed by atoms with van der Waals surface area (Å²) in [7, 11) is 0. The van der Waals surface area contributed by atoms with Crippen molar-refractivity contribution in [1.82, 2.24) is 5.32 Å². The number of benzene rings is 1. The van der Waals surface area contributed by atoms with Crippen LogP contribution in [0.2, 0.25) is 0 Å². The quantitative estimate of drug-likeness (QED) is 0.832. The molecule has 0 aliphatic carbocycles. The van der Waals surface area contributed by atoms with Gasteiger partial charge < -0.3 is 5.32 Å². The van der Waals surface area contributed by atoms with Crippen LogP contribution in [-0.4, -0.2) is 12.6 Å². The van der Waals surface area contributed by atoms with Crippen LogP contribution in [-0.2, 0) is 6.42 Å². The molecule has 0 radical (unpaired) electrons. The summed E-state index contributed by atoms with van der Waals surface area (Å²) in [5.41, 5.74) is 1.43. The Morgan fingerprint density at radius 1 is 1.19 bits per heavy atom. The first-order chi connectivity index (χ1) is 7.67. The van der Waals surface area contributed by atoms with Gasteiger partial charge in [-0.2, -0.15) is 0 Å². The van der Waals surface area contributed by atoms with Gasteiger partial charge >= 0.3 is 0 Å². The number of nitrogens with one attached hydrogen (secondary N) is 1. The molecule has 1 nitrogen and oxygen atoms in total. The molecule has 0 spiro atoms. The van der Waals surface area contributed by atoms with Gasteiger partial charge in [0.05, 0.1) is 0 Å². The van der Waals surface area contributed by atoms with E-state index in [2.05, 4.69) is 66.3 Å². The lowest BCUT2D eigenvalue weighted by molar-refractivity contribution is 0.368. The normalized spacial score (nSPS) is 14.8. The average Bonchev–Trinajstić information content (AvgIpc) is 2.28. The predicted molar refractivity (Wildman–Crippen MR) is 74.8 cm³/mol. The van der Waals surface area contributed by atoms with E-state index in [1.165, 1.54) is 12.0 Å². The van der Waals surface area contributed by atoms with Gasteiger partial charge in [0.1, 0.15) is 0 Å². The van der Waals surface area contributed by atoms with Crippen LogP contribution in [0.25, 0.3) is 0 Å². The topological polar surface area (TPSA) is 12.0 Å². The van der Waals surface area contributed by atoms with Gasteiger partial charge in [0.25, 0.3) is 0 Å². The third-order valence-electron chi connectivity index (χ3n) is 3.17. The highest BCUT2D eigenvalue weighted by Gasteiger charge is 2.14. The zero-order valence-electron chi connectivity index (χ0n) is 10.5. The first kappa shape index (κ1) is 13.7. The Hall–Kier alpha value is -0.340. The van der Waals surface area contributed by atoms with Crippen molar-refractivity contribution >= 4 is 15.9 Å². The molecular formula is C14H22BrN.